The number of amides is 2. The first-order valence-electron chi connectivity index (χ1n) is 5.90. The van der Waals surface area contributed by atoms with E-state index < -0.39 is 5.97 Å². The zero-order valence-electron chi connectivity index (χ0n) is 10.1. The highest BCUT2D eigenvalue weighted by molar-refractivity contribution is 5.75. The molecule has 6 heteroatoms. The van der Waals surface area contributed by atoms with Crippen molar-refractivity contribution in [3.05, 3.63) is 0 Å². The SMILES string of the molecule is CN(CCC(=O)O)C(=O)N1CCCCC1CO. The first-order valence-corrected chi connectivity index (χ1v) is 5.90. The number of aliphatic carboxylic acids is 1. The van der Waals surface area contributed by atoms with Crippen LogP contribution in [-0.2, 0) is 4.79 Å². The van der Waals surface area contributed by atoms with Gasteiger partial charge < -0.3 is 20.0 Å². The Balaban J connectivity index is 2.51. The number of hydrogen-bond donors (Lipinski definition) is 2. The molecular weight excluding hydrogens is 224 g/mol. The highest BCUT2D eigenvalue weighted by Crippen LogP contribution is 2.17. The Bertz CT molecular complexity index is 283. The molecule has 0 bridgehead atoms. The lowest BCUT2D eigenvalue weighted by atomic mass is 10.0. The van der Waals surface area contributed by atoms with E-state index in [0.717, 1.165) is 19.3 Å². The topological polar surface area (TPSA) is 81.1 Å². The maximum atomic E-state index is 12.0. The highest BCUT2D eigenvalue weighted by atomic mass is 16.4. The Morgan fingerprint density at radius 3 is 2.71 bits per heavy atom. The third-order valence-corrected chi connectivity index (χ3v) is 3.07. The van der Waals surface area contributed by atoms with E-state index in [9.17, 15) is 14.7 Å². The van der Waals surface area contributed by atoms with Gasteiger partial charge in [-0.25, -0.2) is 4.79 Å². The number of rotatable bonds is 4. The second-order valence-corrected chi connectivity index (χ2v) is 4.37. The highest BCUT2D eigenvalue weighted by Gasteiger charge is 2.28. The number of nitrogens with zero attached hydrogens (tertiary/aromatic N) is 2. The number of likely N-dealkylation sites (tertiary alicyclic amines) is 1. The van der Waals surface area contributed by atoms with Crippen molar-refractivity contribution in [2.45, 2.75) is 31.7 Å². The molecule has 6 nitrogen and oxygen atoms in total. The number of carbonyl (C=O) groups excluding carboxylic acids is 1. The van der Waals surface area contributed by atoms with Crippen LogP contribution in [0.1, 0.15) is 25.7 Å². The molecule has 17 heavy (non-hydrogen) atoms. The second kappa shape index (κ2) is 6.44. The zero-order valence-corrected chi connectivity index (χ0v) is 10.1. The third kappa shape index (κ3) is 3.89. The number of aliphatic hydroxyl groups is 1. The minimum Gasteiger partial charge on any atom is -0.481 e. The standard InChI is InChI=1S/C11H20N2O4/c1-12(7-5-10(15)16)11(17)13-6-3-2-4-9(13)8-14/h9,14H,2-8H2,1H3,(H,15,16). The number of piperidine rings is 1. The zero-order chi connectivity index (χ0) is 12.8. The van der Waals surface area contributed by atoms with Crippen LogP contribution in [-0.4, -0.2) is 64.8 Å². The fourth-order valence-corrected chi connectivity index (χ4v) is 2.02. The van der Waals surface area contributed by atoms with Crippen LogP contribution in [0.15, 0.2) is 0 Å². The lowest BCUT2D eigenvalue weighted by Crippen LogP contribution is -2.50. The van der Waals surface area contributed by atoms with E-state index in [-0.39, 0.29) is 31.6 Å². The molecule has 0 aromatic heterocycles. The number of hydrogen-bond acceptors (Lipinski definition) is 3. The predicted octanol–water partition coefficient (Wildman–Crippen LogP) is 0.360. The molecule has 0 saturated carbocycles. The van der Waals surface area contributed by atoms with Gasteiger partial charge in [-0.1, -0.05) is 0 Å². The molecule has 1 aliphatic heterocycles. The van der Waals surface area contributed by atoms with Gasteiger partial charge in [0.2, 0.25) is 0 Å². The predicted molar refractivity (Wildman–Crippen MR) is 61.7 cm³/mol. The summed E-state index contributed by atoms with van der Waals surface area (Å²) < 4.78 is 0. The van der Waals surface area contributed by atoms with Crippen LogP contribution in [0.5, 0.6) is 0 Å². The van der Waals surface area contributed by atoms with Gasteiger partial charge in [0, 0.05) is 20.1 Å². The summed E-state index contributed by atoms with van der Waals surface area (Å²) in [5.41, 5.74) is 0. The summed E-state index contributed by atoms with van der Waals surface area (Å²) >= 11 is 0. The Morgan fingerprint density at radius 1 is 1.41 bits per heavy atom. The summed E-state index contributed by atoms with van der Waals surface area (Å²) in [6, 6.07) is -0.312. The Kier molecular flexibility index (Phi) is 5.21. The summed E-state index contributed by atoms with van der Waals surface area (Å²) in [5.74, 6) is -0.915. The summed E-state index contributed by atoms with van der Waals surface area (Å²) in [5, 5.41) is 17.8. The van der Waals surface area contributed by atoms with E-state index in [1.807, 2.05) is 0 Å². The molecular formula is C11H20N2O4. The van der Waals surface area contributed by atoms with Gasteiger partial charge >= 0.3 is 12.0 Å². The second-order valence-electron chi connectivity index (χ2n) is 4.37. The van der Waals surface area contributed by atoms with Crippen LogP contribution >= 0.6 is 0 Å². The minimum atomic E-state index is -0.915. The summed E-state index contributed by atoms with van der Waals surface area (Å²) in [6.45, 7) is 0.808. The Labute approximate surface area is 101 Å². The number of carbonyl (C=O) groups is 2. The van der Waals surface area contributed by atoms with Gasteiger partial charge in [-0.05, 0) is 19.3 Å². The average molecular weight is 244 g/mol. The molecule has 0 aromatic carbocycles. The third-order valence-electron chi connectivity index (χ3n) is 3.07. The smallest absolute Gasteiger partial charge is 0.320 e. The van der Waals surface area contributed by atoms with E-state index in [1.165, 1.54) is 4.90 Å². The molecule has 2 amide bonds. The van der Waals surface area contributed by atoms with Crippen molar-refractivity contribution in [1.82, 2.24) is 9.80 Å². The number of urea groups is 1. The molecule has 1 atom stereocenters. The lowest BCUT2D eigenvalue weighted by molar-refractivity contribution is -0.137. The van der Waals surface area contributed by atoms with Crippen molar-refractivity contribution >= 4 is 12.0 Å². The fourth-order valence-electron chi connectivity index (χ4n) is 2.02. The molecule has 1 heterocycles. The van der Waals surface area contributed by atoms with Crippen LogP contribution in [0.2, 0.25) is 0 Å². The molecule has 1 saturated heterocycles. The molecule has 1 unspecified atom stereocenters. The maximum absolute atomic E-state index is 12.0. The van der Waals surface area contributed by atoms with Crippen LogP contribution in [0.4, 0.5) is 4.79 Å². The summed E-state index contributed by atoms with van der Waals surface area (Å²) in [6.07, 6.45) is 2.72. The van der Waals surface area contributed by atoms with E-state index >= 15 is 0 Å². The van der Waals surface area contributed by atoms with Gasteiger partial charge in [0.15, 0.2) is 0 Å². The maximum Gasteiger partial charge on any atom is 0.320 e. The van der Waals surface area contributed by atoms with Crippen molar-refractivity contribution in [3.63, 3.8) is 0 Å². The molecule has 1 fully saturated rings. The van der Waals surface area contributed by atoms with Gasteiger partial charge in [-0.15, -0.1) is 0 Å². The average Bonchev–Trinajstić information content (AvgIpc) is 2.34. The van der Waals surface area contributed by atoms with Crippen LogP contribution in [0.3, 0.4) is 0 Å². The van der Waals surface area contributed by atoms with Gasteiger partial charge in [0.1, 0.15) is 0 Å². The van der Waals surface area contributed by atoms with E-state index in [2.05, 4.69) is 0 Å². The quantitative estimate of drug-likeness (QED) is 0.748. The first-order chi connectivity index (χ1) is 8.06. The van der Waals surface area contributed by atoms with Crippen molar-refractivity contribution < 1.29 is 19.8 Å². The summed E-state index contributed by atoms with van der Waals surface area (Å²) in [7, 11) is 1.59. The largest absolute Gasteiger partial charge is 0.481 e. The van der Waals surface area contributed by atoms with E-state index in [1.54, 1.807) is 11.9 Å². The Hall–Kier alpha value is -1.30. The molecule has 2 N–H and O–H groups in total. The number of aliphatic hydroxyl groups excluding tert-OH is 1. The lowest BCUT2D eigenvalue weighted by Gasteiger charge is -2.37. The first kappa shape index (κ1) is 13.8. The van der Waals surface area contributed by atoms with Crippen LogP contribution in [0.25, 0.3) is 0 Å². The van der Waals surface area contributed by atoms with Crippen LogP contribution < -0.4 is 0 Å². The molecule has 0 aromatic rings. The van der Waals surface area contributed by atoms with Gasteiger partial charge in [-0.2, -0.15) is 0 Å². The van der Waals surface area contributed by atoms with E-state index in [0.29, 0.717) is 6.54 Å². The molecule has 98 valence electrons. The molecule has 1 rings (SSSR count). The van der Waals surface area contributed by atoms with E-state index in [4.69, 9.17) is 5.11 Å². The molecule has 0 radical (unpaired) electrons. The monoisotopic (exact) mass is 244 g/mol. The van der Waals surface area contributed by atoms with Crippen molar-refractivity contribution in [3.8, 4) is 0 Å². The van der Waals surface area contributed by atoms with Gasteiger partial charge in [0.25, 0.3) is 0 Å². The van der Waals surface area contributed by atoms with Crippen molar-refractivity contribution in [2.75, 3.05) is 26.7 Å². The number of carboxylic acid groups (broad SMARTS) is 1. The minimum absolute atomic E-state index is 0.0293. The molecule has 0 spiro atoms. The van der Waals surface area contributed by atoms with Gasteiger partial charge in [0.05, 0.1) is 19.1 Å². The fraction of sp³-hybridized carbons (Fsp3) is 0.818. The number of carboxylic acids is 1. The van der Waals surface area contributed by atoms with Gasteiger partial charge in [-0.3, -0.25) is 4.79 Å². The molecule has 1 aliphatic rings. The summed E-state index contributed by atoms with van der Waals surface area (Å²) in [4.78, 5) is 25.5. The molecule has 0 aliphatic carbocycles. The van der Waals surface area contributed by atoms with Crippen molar-refractivity contribution in [1.29, 1.82) is 0 Å². The normalized spacial score (nSPS) is 20.1. The van der Waals surface area contributed by atoms with Crippen molar-refractivity contribution in [2.24, 2.45) is 0 Å². The van der Waals surface area contributed by atoms with Crippen LogP contribution in [0, 0.1) is 0 Å². The Morgan fingerprint density at radius 2 is 2.12 bits per heavy atom.